The molecule has 0 saturated carbocycles. The van der Waals surface area contributed by atoms with E-state index >= 15 is 0 Å². The van der Waals surface area contributed by atoms with E-state index in [1.165, 1.54) is 10.7 Å². The minimum atomic E-state index is -3.75. The van der Waals surface area contributed by atoms with Crippen LogP contribution >= 0.6 is 0 Å². The number of sulfonamides is 1. The highest BCUT2D eigenvalue weighted by Crippen LogP contribution is 2.22. The lowest BCUT2D eigenvalue weighted by Gasteiger charge is -2.35. The van der Waals surface area contributed by atoms with Crippen LogP contribution in [0.3, 0.4) is 0 Å². The molecule has 2 aromatic rings. The molecule has 0 amide bonds. The number of anilines is 2. The SMILES string of the molecule is O=S(=O)(Cc1cc(F)ccc1F)N1CCN(c2ccnc(N3CCCCC3)n2)CC1. The smallest absolute Gasteiger partial charge is 0.227 e. The molecule has 0 atom stereocenters. The molecular weight excluding hydrogens is 412 g/mol. The molecule has 0 bridgehead atoms. The van der Waals surface area contributed by atoms with E-state index in [1.54, 1.807) is 6.20 Å². The van der Waals surface area contributed by atoms with E-state index in [0.717, 1.165) is 49.9 Å². The van der Waals surface area contributed by atoms with E-state index in [0.29, 0.717) is 19.0 Å². The molecule has 10 heteroatoms. The number of aromatic nitrogens is 2. The third-order valence-electron chi connectivity index (χ3n) is 5.57. The predicted octanol–water partition coefficient (Wildman–Crippen LogP) is 2.40. The maximum atomic E-state index is 13.9. The highest BCUT2D eigenvalue weighted by atomic mass is 32.2. The summed E-state index contributed by atoms with van der Waals surface area (Å²) in [4.78, 5) is 13.3. The van der Waals surface area contributed by atoms with Crippen LogP contribution in [0.1, 0.15) is 24.8 Å². The largest absolute Gasteiger partial charge is 0.354 e. The van der Waals surface area contributed by atoms with Crippen LogP contribution < -0.4 is 9.80 Å². The molecule has 2 aliphatic heterocycles. The second-order valence-electron chi connectivity index (χ2n) is 7.64. The van der Waals surface area contributed by atoms with Crippen molar-refractivity contribution in [3.63, 3.8) is 0 Å². The Morgan fingerprint density at radius 1 is 0.900 bits per heavy atom. The monoisotopic (exact) mass is 437 g/mol. The van der Waals surface area contributed by atoms with Gasteiger partial charge in [0.15, 0.2) is 0 Å². The van der Waals surface area contributed by atoms with E-state index < -0.39 is 27.4 Å². The molecule has 30 heavy (non-hydrogen) atoms. The number of benzene rings is 1. The molecule has 2 aliphatic rings. The lowest BCUT2D eigenvalue weighted by Crippen LogP contribution is -2.49. The van der Waals surface area contributed by atoms with E-state index in [1.807, 2.05) is 11.0 Å². The molecule has 162 valence electrons. The summed E-state index contributed by atoms with van der Waals surface area (Å²) in [6.07, 6.45) is 5.24. The zero-order valence-corrected chi connectivity index (χ0v) is 17.5. The molecule has 1 aromatic carbocycles. The zero-order chi connectivity index (χ0) is 21.1. The lowest BCUT2D eigenvalue weighted by atomic mass is 10.1. The Morgan fingerprint density at radius 3 is 2.37 bits per heavy atom. The molecule has 3 heterocycles. The van der Waals surface area contributed by atoms with Gasteiger partial charge in [-0.2, -0.15) is 9.29 Å². The van der Waals surface area contributed by atoms with Gasteiger partial charge in [-0.25, -0.2) is 22.2 Å². The summed E-state index contributed by atoms with van der Waals surface area (Å²) in [5.41, 5.74) is -0.153. The number of hydrogen-bond acceptors (Lipinski definition) is 6. The summed E-state index contributed by atoms with van der Waals surface area (Å²) in [5.74, 6) is -0.435. The summed E-state index contributed by atoms with van der Waals surface area (Å²) < 4.78 is 54.0. The first-order valence-corrected chi connectivity index (χ1v) is 11.8. The van der Waals surface area contributed by atoms with Crippen LogP contribution in [0, 0.1) is 11.6 Å². The molecule has 0 radical (unpaired) electrons. The Morgan fingerprint density at radius 2 is 1.63 bits per heavy atom. The second-order valence-corrected chi connectivity index (χ2v) is 9.61. The van der Waals surface area contributed by atoms with Gasteiger partial charge < -0.3 is 9.80 Å². The van der Waals surface area contributed by atoms with Crippen molar-refractivity contribution in [2.24, 2.45) is 0 Å². The average Bonchev–Trinajstić information content (AvgIpc) is 2.77. The minimum Gasteiger partial charge on any atom is -0.354 e. The average molecular weight is 438 g/mol. The highest BCUT2D eigenvalue weighted by Gasteiger charge is 2.29. The third-order valence-corrected chi connectivity index (χ3v) is 7.40. The normalized spacial score (nSPS) is 18.6. The van der Waals surface area contributed by atoms with E-state index in [9.17, 15) is 17.2 Å². The number of piperazine rings is 1. The van der Waals surface area contributed by atoms with Gasteiger partial charge in [-0.1, -0.05) is 0 Å². The van der Waals surface area contributed by atoms with Gasteiger partial charge in [-0.3, -0.25) is 0 Å². The minimum absolute atomic E-state index is 0.153. The van der Waals surface area contributed by atoms with Gasteiger partial charge in [0.05, 0.1) is 5.75 Å². The first-order chi connectivity index (χ1) is 14.4. The summed E-state index contributed by atoms with van der Waals surface area (Å²) in [7, 11) is -3.75. The molecule has 0 spiro atoms. The summed E-state index contributed by atoms with van der Waals surface area (Å²) >= 11 is 0. The first kappa shape index (κ1) is 20.9. The number of piperidine rings is 1. The maximum Gasteiger partial charge on any atom is 0.227 e. The van der Waals surface area contributed by atoms with Crippen LogP contribution in [0.5, 0.6) is 0 Å². The van der Waals surface area contributed by atoms with Gasteiger partial charge in [0, 0.05) is 51.0 Å². The van der Waals surface area contributed by atoms with Crippen LogP contribution in [0.2, 0.25) is 0 Å². The van der Waals surface area contributed by atoms with Crippen molar-refractivity contribution in [1.82, 2.24) is 14.3 Å². The van der Waals surface area contributed by atoms with Crippen LogP contribution in [-0.2, 0) is 15.8 Å². The van der Waals surface area contributed by atoms with E-state index in [-0.39, 0.29) is 18.7 Å². The fraction of sp³-hybridized carbons (Fsp3) is 0.500. The quantitative estimate of drug-likeness (QED) is 0.716. The Hall–Kier alpha value is -2.33. The van der Waals surface area contributed by atoms with Crippen molar-refractivity contribution < 1.29 is 17.2 Å². The van der Waals surface area contributed by atoms with Crippen LogP contribution in [0.4, 0.5) is 20.5 Å². The Bertz CT molecular complexity index is 990. The highest BCUT2D eigenvalue weighted by molar-refractivity contribution is 7.88. The summed E-state index contributed by atoms with van der Waals surface area (Å²) in [6, 6.07) is 4.70. The van der Waals surface area contributed by atoms with E-state index in [4.69, 9.17) is 0 Å². The molecule has 4 rings (SSSR count). The Balaban J connectivity index is 1.40. The van der Waals surface area contributed by atoms with Gasteiger partial charge in [-0.05, 0) is 43.5 Å². The molecule has 2 fully saturated rings. The lowest BCUT2D eigenvalue weighted by molar-refractivity contribution is 0.382. The van der Waals surface area contributed by atoms with Crippen molar-refractivity contribution in [3.8, 4) is 0 Å². The van der Waals surface area contributed by atoms with Crippen molar-refractivity contribution in [2.45, 2.75) is 25.0 Å². The van der Waals surface area contributed by atoms with Crippen LogP contribution in [-0.4, -0.2) is 62.0 Å². The Kier molecular flexibility index (Phi) is 6.14. The fourth-order valence-corrected chi connectivity index (χ4v) is 5.42. The number of nitrogens with zero attached hydrogens (tertiary/aromatic N) is 5. The number of halogens is 2. The molecule has 0 aliphatic carbocycles. The Labute approximate surface area is 175 Å². The van der Waals surface area contributed by atoms with Crippen molar-refractivity contribution >= 4 is 21.8 Å². The standard InChI is InChI=1S/C20H25F2N5O2S/c21-17-4-5-18(22)16(14-17)15-30(28,29)27-12-10-25(11-13-27)19-6-7-23-20(24-19)26-8-2-1-3-9-26/h4-7,14H,1-3,8-13,15H2. The van der Waals surface area contributed by atoms with Gasteiger partial charge in [0.25, 0.3) is 0 Å². The van der Waals surface area contributed by atoms with Crippen molar-refractivity contribution in [3.05, 3.63) is 47.7 Å². The maximum absolute atomic E-state index is 13.9. The third kappa shape index (κ3) is 4.70. The molecule has 1 aromatic heterocycles. The van der Waals surface area contributed by atoms with Gasteiger partial charge in [0.1, 0.15) is 17.5 Å². The zero-order valence-electron chi connectivity index (χ0n) is 16.7. The summed E-state index contributed by atoms with van der Waals surface area (Å²) in [5, 5.41) is 0. The van der Waals surface area contributed by atoms with Crippen LogP contribution in [0.15, 0.2) is 30.5 Å². The molecule has 7 nitrogen and oxygen atoms in total. The van der Waals surface area contributed by atoms with Gasteiger partial charge >= 0.3 is 0 Å². The van der Waals surface area contributed by atoms with Gasteiger partial charge in [-0.15, -0.1) is 0 Å². The fourth-order valence-electron chi connectivity index (χ4n) is 3.90. The molecule has 0 unspecified atom stereocenters. The van der Waals surface area contributed by atoms with Gasteiger partial charge in [0.2, 0.25) is 16.0 Å². The summed E-state index contributed by atoms with van der Waals surface area (Å²) in [6.45, 7) is 3.38. The molecular formula is C20H25F2N5O2S. The van der Waals surface area contributed by atoms with Crippen molar-refractivity contribution in [1.29, 1.82) is 0 Å². The first-order valence-electron chi connectivity index (χ1n) is 10.2. The van der Waals surface area contributed by atoms with E-state index in [2.05, 4.69) is 14.9 Å². The predicted molar refractivity (Wildman–Crippen MR) is 111 cm³/mol. The van der Waals surface area contributed by atoms with Crippen molar-refractivity contribution in [2.75, 3.05) is 49.1 Å². The van der Waals surface area contributed by atoms with Crippen LogP contribution in [0.25, 0.3) is 0 Å². The second kappa shape index (κ2) is 8.81. The number of rotatable bonds is 5. The topological polar surface area (TPSA) is 69.6 Å². The number of hydrogen-bond donors (Lipinski definition) is 0. The molecule has 2 saturated heterocycles. The molecule has 0 N–H and O–H groups in total.